The average molecular weight is 288 g/mol. The van der Waals surface area contributed by atoms with Gasteiger partial charge in [0.2, 0.25) is 5.88 Å². The number of hydrogen-bond donors (Lipinski definition) is 1. The lowest BCUT2D eigenvalue weighted by atomic mass is 9.89. The van der Waals surface area contributed by atoms with E-state index in [9.17, 15) is 0 Å². The van der Waals surface area contributed by atoms with Crippen LogP contribution in [0.15, 0.2) is 6.07 Å². The molecule has 1 aromatic rings. The molecule has 3 nitrogen and oxygen atoms in total. The summed E-state index contributed by atoms with van der Waals surface area (Å²) in [5, 5.41) is 3.60. The van der Waals surface area contributed by atoms with E-state index in [1.165, 1.54) is 49.7 Å². The summed E-state index contributed by atoms with van der Waals surface area (Å²) in [6.07, 6.45) is 7.95. The highest BCUT2D eigenvalue weighted by Crippen LogP contribution is 2.30. The molecule has 2 atom stereocenters. The topological polar surface area (TPSA) is 34.1 Å². The van der Waals surface area contributed by atoms with Gasteiger partial charge in [-0.1, -0.05) is 13.3 Å². The minimum Gasteiger partial charge on any atom is -0.474 e. The Kier molecular flexibility index (Phi) is 4.48. The Morgan fingerprint density at radius 3 is 2.76 bits per heavy atom. The first kappa shape index (κ1) is 14.8. The first-order valence-electron chi connectivity index (χ1n) is 8.49. The van der Waals surface area contributed by atoms with Gasteiger partial charge in [-0.05, 0) is 63.5 Å². The third kappa shape index (κ3) is 3.97. The molecule has 0 aliphatic heterocycles. The molecule has 0 bridgehead atoms. The summed E-state index contributed by atoms with van der Waals surface area (Å²) in [5.41, 5.74) is 3.61. The highest BCUT2D eigenvalue weighted by atomic mass is 16.5. The van der Waals surface area contributed by atoms with E-state index >= 15 is 0 Å². The van der Waals surface area contributed by atoms with E-state index in [1.807, 2.05) is 0 Å². The van der Waals surface area contributed by atoms with Crippen molar-refractivity contribution in [2.24, 2.45) is 5.92 Å². The second-order valence-electron chi connectivity index (χ2n) is 7.03. The summed E-state index contributed by atoms with van der Waals surface area (Å²) in [6, 6.07) is 2.88. The van der Waals surface area contributed by atoms with Crippen molar-refractivity contribution in [3.63, 3.8) is 0 Å². The summed E-state index contributed by atoms with van der Waals surface area (Å²) < 4.78 is 6.32. The maximum atomic E-state index is 6.32. The number of rotatable bonds is 5. The van der Waals surface area contributed by atoms with Crippen LogP contribution in [0.1, 0.15) is 62.3 Å². The fourth-order valence-corrected chi connectivity index (χ4v) is 3.32. The SMILES string of the molecule is Cc1cc(C)c(CNC2CC2)c(OC2CCCC(C)C2)n1. The lowest BCUT2D eigenvalue weighted by Gasteiger charge is -2.28. The molecule has 1 N–H and O–H groups in total. The fraction of sp³-hybridized carbons (Fsp3) is 0.722. The zero-order valence-corrected chi connectivity index (χ0v) is 13.6. The molecular weight excluding hydrogens is 260 g/mol. The van der Waals surface area contributed by atoms with Crippen LogP contribution in [0.2, 0.25) is 0 Å². The van der Waals surface area contributed by atoms with Gasteiger partial charge in [-0.3, -0.25) is 0 Å². The van der Waals surface area contributed by atoms with Crippen molar-refractivity contribution in [3.05, 3.63) is 22.9 Å². The van der Waals surface area contributed by atoms with Gasteiger partial charge < -0.3 is 10.1 Å². The van der Waals surface area contributed by atoms with Crippen molar-refractivity contribution in [2.75, 3.05) is 0 Å². The van der Waals surface area contributed by atoms with Crippen LogP contribution in [0.5, 0.6) is 5.88 Å². The van der Waals surface area contributed by atoms with Crippen LogP contribution < -0.4 is 10.1 Å². The Morgan fingerprint density at radius 2 is 2.05 bits per heavy atom. The van der Waals surface area contributed by atoms with Crippen LogP contribution in [-0.4, -0.2) is 17.1 Å². The van der Waals surface area contributed by atoms with Crippen molar-refractivity contribution in [3.8, 4) is 5.88 Å². The van der Waals surface area contributed by atoms with E-state index in [0.29, 0.717) is 12.1 Å². The summed E-state index contributed by atoms with van der Waals surface area (Å²) in [4.78, 5) is 4.69. The standard InChI is InChI=1S/C18H28N2O/c1-12-5-4-6-16(9-12)21-18-17(11-19-15-7-8-15)13(2)10-14(3)20-18/h10,12,15-16,19H,4-9,11H2,1-3H3. The molecule has 3 rings (SSSR count). The molecule has 0 saturated heterocycles. The molecule has 0 amide bonds. The van der Waals surface area contributed by atoms with Crippen LogP contribution in [0.3, 0.4) is 0 Å². The summed E-state index contributed by atoms with van der Waals surface area (Å²) in [5.74, 6) is 1.66. The Bertz CT molecular complexity index is 496. The first-order valence-corrected chi connectivity index (χ1v) is 8.49. The van der Waals surface area contributed by atoms with Crippen molar-refractivity contribution >= 4 is 0 Å². The van der Waals surface area contributed by atoms with Gasteiger partial charge in [0, 0.05) is 23.8 Å². The molecule has 2 unspecified atom stereocenters. The molecule has 3 heteroatoms. The van der Waals surface area contributed by atoms with Gasteiger partial charge in [-0.2, -0.15) is 0 Å². The number of hydrogen-bond acceptors (Lipinski definition) is 3. The third-order valence-electron chi connectivity index (χ3n) is 4.75. The van der Waals surface area contributed by atoms with Crippen LogP contribution >= 0.6 is 0 Å². The molecule has 0 radical (unpaired) electrons. The Balaban J connectivity index is 1.74. The highest BCUT2D eigenvalue weighted by molar-refractivity contribution is 5.36. The van der Waals surface area contributed by atoms with Gasteiger partial charge in [-0.15, -0.1) is 0 Å². The minimum absolute atomic E-state index is 0.349. The Morgan fingerprint density at radius 1 is 1.24 bits per heavy atom. The molecule has 21 heavy (non-hydrogen) atoms. The van der Waals surface area contributed by atoms with E-state index in [-0.39, 0.29) is 0 Å². The molecule has 1 aromatic heterocycles. The number of aromatic nitrogens is 1. The van der Waals surface area contributed by atoms with Crippen molar-refractivity contribution in [2.45, 2.75) is 78.0 Å². The number of nitrogens with one attached hydrogen (secondary N) is 1. The quantitative estimate of drug-likeness (QED) is 0.892. The van der Waals surface area contributed by atoms with Crippen molar-refractivity contribution < 1.29 is 4.74 Å². The smallest absolute Gasteiger partial charge is 0.218 e. The van der Waals surface area contributed by atoms with Gasteiger partial charge >= 0.3 is 0 Å². The van der Waals surface area contributed by atoms with E-state index < -0.39 is 0 Å². The molecule has 0 aromatic carbocycles. The highest BCUT2D eigenvalue weighted by Gasteiger charge is 2.24. The molecular formula is C18H28N2O. The fourth-order valence-electron chi connectivity index (χ4n) is 3.32. The maximum Gasteiger partial charge on any atom is 0.218 e. The zero-order valence-electron chi connectivity index (χ0n) is 13.6. The molecule has 2 aliphatic rings. The van der Waals surface area contributed by atoms with Crippen LogP contribution in [0, 0.1) is 19.8 Å². The number of ether oxygens (including phenoxy) is 1. The Hall–Kier alpha value is -1.09. The summed E-state index contributed by atoms with van der Waals surface area (Å²) in [7, 11) is 0. The van der Waals surface area contributed by atoms with E-state index in [4.69, 9.17) is 4.74 Å². The number of nitrogens with zero attached hydrogens (tertiary/aromatic N) is 1. The molecule has 1 heterocycles. The Labute approximate surface area is 128 Å². The van der Waals surface area contributed by atoms with Gasteiger partial charge in [0.05, 0.1) is 0 Å². The predicted molar refractivity (Wildman–Crippen MR) is 85.6 cm³/mol. The lowest BCUT2D eigenvalue weighted by Crippen LogP contribution is -2.26. The second kappa shape index (κ2) is 6.35. The average Bonchev–Trinajstić information content (AvgIpc) is 3.21. The predicted octanol–water partition coefficient (Wildman–Crippen LogP) is 3.91. The monoisotopic (exact) mass is 288 g/mol. The van der Waals surface area contributed by atoms with Crippen LogP contribution in [0.4, 0.5) is 0 Å². The molecule has 116 valence electrons. The van der Waals surface area contributed by atoms with E-state index in [1.54, 1.807) is 0 Å². The van der Waals surface area contributed by atoms with Crippen molar-refractivity contribution in [1.82, 2.24) is 10.3 Å². The second-order valence-corrected chi connectivity index (χ2v) is 7.03. The molecule has 2 saturated carbocycles. The third-order valence-corrected chi connectivity index (χ3v) is 4.75. The molecule has 2 aliphatic carbocycles. The summed E-state index contributed by atoms with van der Waals surface area (Å²) in [6.45, 7) is 7.46. The normalized spacial score (nSPS) is 25.9. The van der Waals surface area contributed by atoms with Gasteiger partial charge in [-0.25, -0.2) is 4.98 Å². The molecule has 2 fully saturated rings. The number of aryl methyl sites for hydroxylation is 2. The van der Waals surface area contributed by atoms with Crippen LogP contribution in [0.25, 0.3) is 0 Å². The number of pyridine rings is 1. The lowest BCUT2D eigenvalue weighted by molar-refractivity contribution is 0.122. The largest absolute Gasteiger partial charge is 0.474 e. The maximum absolute atomic E-state index is 6.32. The van der Waals surface area contributed by atoms with Crippen LogP contribution in [-0.2, 0) is 6.54 Å². The minimum atomic E-state index is 0.349. The van der Waals surface area contributed by atoms with Gasteiger partial charge in [0.15, 0.2) is 0 Å². The first-order chi connectivity index (χ1) is 10.1. The molecule has 0 spiro atoms. The van der Waals surface area contributed by atoms with E-state index in [2.05, 4.69) is 37.1 Å². The summed E-state index contributed by atoms with van der Waals surface area (Å²) >= 11 is 0. The van der Waals surface area contributed by atoms with Gasteiger partial charge in [0.25, 0.3) is 0 Å². The van der Waals surface area contributed by atoms with Crippen molar-refractivity contribution in [1.29, 1.82) is 0 Å². The van der Waals surface area contributed by atoms with Gasteiger partial charge in [0.1, 0.15) is 6.10 Å². The van der Waals surface area contributed by atoms with E-state index in [0.717, 1.165) is 24.0 Å². The zero-order chi connectivity index (χ0) is 14.8.